The molecule has 1 fully saturated rings. The Balaban J connectivity index is 2.05. The maximum atomic E-state index is 12.9. The van der Waals surface area contributed by atoms with Crippen molar-refractivity contribution in [3.05, 3.63) is 24.3 Å². The van der Waals surface area contributed by atoms with Crippen molar-refractivity contribution < 1.29 is 13.9 Å². The number of hydrogen-bond donors (Lipinski definition) is 0. The molecule has 3 heteroatoms. The molecule has 1 aromatic carbocycles. The van der Waals surface area contributed by atoms with E-state index in [1.165, 1.54) is 0 Å². The molecule has 0 atom stereocenters. The SMILES string of the molecule is CC(C)Oc1cccc(OC2(CF)CCC2)c1. The van der Waals surface area contributed by atoms with Crippen LogP contribution in [-0.2, 0) is 0 Å². The van der Waals surface area contributed by atoms with Gasteiger partial charge in [-0.05, 0) is 45.2 Å². The maximum absolute atomic E-state index is 12.9. The van der Waals surface area contributed by atoms with Crippen LogP contribution in [0.3, 0.4) is 0 Å². The Bertz CT molecular complexity index is 367. The molecule has 94 valence electrons. The number of halogens is 1. The van der Waals surface area contributed by atoms with E-state index in [9.17, 15) is 4.39 Å². The molecule has 2 nitrogen and oxygen atoms in total. The zero-order valence-corrected chi connectivity index (χ0v) is 10.4. The van der Waals surface area contributed by atoms with Gasteiger partial charge in [-0.25, -0.2) is 4.39 Å². The molecule has 0 radical (unpaired) electrons. The largest absolute Gasteiger partial charge is 0.491 e. The molecule has 0 amide bonds. The van der Waals surface area contributed by atoms with Crippen LogP contribution in [0.1, 0.15) is 33.1 Å². The van der Waals surface area contributed by atoms with E-state index in [1.807, 2.05) is 38.1 Å². The minimum Gasteiger partial charge on any atom is -0.491 e. The van der Waals surface area contributed by atoms with E-state index in [1.54, 1.807) is 0 Å². The Kier molecular flexibility index (Phi) is 3.55. The van der Waals surface area contributed by atoms with Crippen LogP contribution in [0, 0.1) is 0 Å². The molecule has 1 aromatic rings. The first kappa shape index (κ1) is 12.2. The summed E-state index contributed by atoms with van der Waals surface area (Å²) in [5.41, 5.74) is -0.573. The fraction of sp³-hybridized carbons (Fsp3) is 0.571. The average Bonchev–Trinajstić information content (AvgIpc) is 2.23. The Morgan fingerprint density at radius 2 is 2.00 bits per heavy atom. The van der Waals surface area contributed by atoms with Gasteiger partial charge in [-0.1, -0.05) is 6.07 Å². The summed E-state index contributed by atoms with van der Waals surface area (Å²) in [6.07, 6.45) is 2.79. The predicted molar refractivity (Wildman–Crippen MR) is 65.4 cm³/mol. The highest BCUT2D eigenvalue weighted by molar-refractivity contribution is 5.33. The van der Waals surface area contributed by atoms with Gasteiger partial charge >= 0.3 is 0 Å². The van der Waals surface area contributed by atoms with Crippen LogP contribution in [0.15, 0.2) is 24.3 Å². The normalized spacial score (nSPS) is 17.6. The summed E-state index contributed by atoms with van der Waals surface area (Å²) in [5.74, 6) is 1.46. The molecule has 0 heterocycles. The third kappa shape index (κ3) is 2.90. The second kappa shape index (κ2) is 4.94. The summed E-state index contributed by atoms with van der Waals surface area (Å²) in [6, 6.07) is 7.44. The van der Waals surface area contributed by atoms with Crippen molar-refractivity contribution in [2.75, 3.05) is 6.67 Å². The van der Waals surface area contributed by atoms with Gasteiger partial charge in [0.2, 0.25) is 0 Å². The van der Waals surface area contributed by atoms with Gasteiger partial charge in [-0.2, -0.15) is 0 Å². The summed E-state index contributed by atoms with van der Waals surface area (Å²) < 4.78 is 24.3. The molecule has 2 rings (SSSR count). The summed E-state index contributed by atoms with van der Waals surface area (Å²) in [4.78, 5) is 0. The lowest BCUT2D eigenvalue weighted by Gasteiger charge is -2.39. The molecular weight excluding hydrogens is 219 g/mol. The van der Waals surface area contributed by atoms with Crippen LogP contribution in [0.5, 0.6) is 11.5 Å². The van der Waals surface area contributed by atoms with E-state index in [2.05, 4.69) is 0 Å². The van der Waals surface area contributed by atoms with Crippen LogP contribution in [0.25, 0.3) is 0 Å². The molecule has 0 aromatic heterocycles. The lowest BCUT2D eigenvalue weighted by Crippen LogP contribution is -2.45. The Labute approximate surface area is 102 Å². The van der Waals surface area contributed by atoms with E-state index in [4.69, 9.17) is 9.47 Å². The van der Waals surface area contributed by atoms with Crippen LogP contribution >= 0.6 is 0 Å². The van der Waals surface area contributed by atoms with E-state index in [0.717, 1.165) is 25.0 Å². The van der Waals surface area contributed by atoms with Gasteiger partial charge < -0.3 is 9.47 Å². The van der Waals surface area contributed by atoms with Crippen molar-refractivity contribution in [2.45, 2.75) is 44.8 Å². The van der Waals surface area contributed by atoms with Gasteiger partial charge in [-0.3, -0.25) is 0 Å². The van der Waals surface area contributed by atoms with Crippen molar-refractivity contribution in [2.24, 2.45) is 0 Å². The highest BCUT2D eigenvalue weighted by atomic mass is 19.1. The maximum Gasteiger partial charge on any atom is 0.137 e. The minimum absolute atomic E-state index is 0.129. The van der Waals surface area contributed by atoms with Crippen LogP contribution in [0.2, 0.25) is 0 Å². The predicted octanol–water partition coefficient (Wildman–Crippen LogP) is 3.74. The smallest absolute Gasteiger partial charge is 0.137 e. The zero-order chi connectivity index (χ0) is 12.3. The molecule has 0 bridgehead atoms. The highest BCUT2D eigenvalue weighted by Gasteiger charge is 2.39. The summed E-state index contributed by atoms with van der Waals surface area (Å²) in [6.45, 7) is 3.54. The van der Waals surface area contributed by atoms with Crippen LogP contribution < -0.4 is 9.47 Å². The second-order valence-electron chi connectivity index (χ2n) is 4.91. The Hall–Kier alpha value is -1.25. The van der Waals surface area contributed by atoms with Crippen molar-refractivity contribution >= 4 is 0 Å². The monoisotopic (exact) mass is 238 g/mol. The lowest BCUT2D eigenvalue weighted by atomic mass is 9.81. The van der Waals surface area contributed by atoms with Gasteiger partial charge in [0.15, 0.2) is 0 Å². The fourth-order valence-corrected chi connectivity index (χ4v) is 1.97. The van der Waals surface area contributed by atoms with E-state index >= 15 is 0 Å². The molecule has 1 saturated carbocycles. The van der Waals surface area contributed by atoms with E-state index in [0.29, 0.717) is 5.75 Å². The molecule has 0 aliphatic heterocycles. The molecule has 0 spiro atoms. The van der Waals surface area contributed by atoms with Crippen molar-refractivity contribution in [3.63, 3.8) is 0 Å². The molecule has 0 saturated heterocycles. The summed E-state index contributed by atoms with van der Waals surface area (Å²) >= 11 is 0. The average molecular weight is 238 g/mol. The summed E-state index contributed by atoms with van der Waals surface area (Å²) in [5, 5.41) is 0. The first-order valence-electron chi connectivity index (χ1n) is 6.15. The molecule has 17 heavy (non-hydrogen) atoms. The Morgan fingerprint density at radius 1 is 1.29 bits per heavy atom. The Morgan fingerprint density at radius 3 is 2.53 bits per heavy atom. The first-order chi connectivity index (χ1) is 8.13. The third-order valence-corrected chi connectivity index (χ3v) is 3.02. The lowest BCUT2D eigenvalue weighted by molar-refractivity contribution is -0.0274. The third-order valence-electron chi connectivity index (χ3n) is 3.02. The number of rotatable bonds is 5. The van der Waals surface area contributed by atoms with Gasteiger partial charge in [0, 0.05) is 6.07 Å². The second-order valence-corrected chi connectivity index (χ2v) is 4.91. The van der Waals surface area contributed by atoms with Crippen LogP contribution in [-0.4, -0.2) is 18.4 Å². The van der Waals surface area contributed by atoms with Gasteiger partial charge in [0.05, 0.1) is 6.10 Å². The van der Waals surface area contributed by atoms with Gasteiger partial charge in [0.1, 0.15) is 23.8 Å². The highest BCUT2D eigenvalue weighted by Crippen LogP contribution is 2.37. The number of benzene rings is 1. The van der Waals surface area contributed by atoms with Crippen molar-refractivity contribution in [1.29, 1.82) is 0 Å². The standard InChI is InChI=1S/C14H19FO2/c1-11(2)16-12-5-3-6-13(9-12)17-14(10-15)7-4-8-14/h3,5-6,9,11H,4,7-8,10H2,1-2H3. The minimum atomic E-state index is -0.573. The number of ether oxygens (including phenoxy) is 2. The number of hydrogen-bond acceptors (Lipinski definition) is 2. The fourth-order valence-electron chi connectivity index (χ4n) is 1.97. The molecule has 1 aliphatic rings. The molecule has 1 aliphatic carbocycles. The van der Waals surface area contributed by atoms with Crippen molar-refractivity contribution in [1.82, 2.24) is 0 Å². The molecular formula is C14H19FO2. The molecule has 0 unspecified atom stereocenters. The quantitative estimate of drug-likeness (QED) is 0.778. The first-order valence-corrected chi connectivity index (χ1v) is 6.15. The molecule has 0 N–H and O–H groups in total. The topological polar surface area (TPSA) is 18.5 Å². The van der Waals surface area contributed by atoms with E-state index in [-0.39, 0.29) is 6.10 Å². The summed E-state index contributed by atoms with van der Waals surface area (Å²) in [7, 11) is 0. The van der Waals surface area contributed by atoms with Gasteiger partial charge in [-0.15, -0.1) is 0 Å². The van der Waals surface area contributed by atoms with Crippen LogP contribution in [0.4, 0.5) is 4.39 Å². The van der Waals surface area contributed by atoms with E-state index < -0.39 is 12.3 Å². The number of alkyl halides is 1. The van der Waals surface area contributed by atoms with Gasteiger partial charge in [0.25, 0.3) is 0 Å². The van der Waals surface area contributed by atoms with Crippen molar-refractivity contribution in [3.8, 4) is 11.5 Å². The zero-order valence-electron chi connectivity index (χ0n) is 10.4.